The van der Waals surface area contributed by atoms with Crippen molar-refractivity contribution in [3.05, 3.63) is 35.1 Å². The zero-order chi connectivity index (χ0) is 11.3. The molecule has 1 aromatic carbocycles. The van der Waals surface area contributed by atoms with E-state index in [2.05, 4.69) is 15.9 Å². The summed E-state index contributed by atoms with van der Waals surface area (Å²) in [6, 6.07) is 5.57. The van der Waals surface area contributed by atoms with Crippen molar-refractivity contribution in [3.63, 3.8) is 0 Å². The molecule has 0 aliphatic heterocycles. The third-order valence-corrected chi connectivity index (χ3v) is 2.51. The molecule has 0 aromatic heterocycles. The van der Waals surface area contributed by atoms with Crippen LogP contribution in [-0.4, -0.2) is 11.1 Å². The van der Waals surface area contributed by atoms with Crippen LogP contribution in [0, 0.1) is 17.1 Å². The predicted octanol–water partition coefficient (Wildman–Crippen LogP) is 3.06. The van der Waals surface area contributed by atoms with E-state index in [9.17, 15) is 9.18 Å². The maximum Gasteiger partial charge on any atom is 0.162 e. The van der Waals surface area contributed by atoms with Crippen LogP contribution in [0.15, 0.2) is 18.2 Å². The third kappa shape index (κ3) is 3.14. The number of Topliss-reactive ketones (excluding diaryl/α,β-unsaturated/α-hetero) is 1. The largest absolute Gasteiger partial charge is 0.294 e. The minimum atomic E-state index is -0.588. The minimum absolute atomic E-state index is 0.0639. The molecule has 0 amide bonds. The van der Waals surface area contributed by atoms with Crippen LogP contribution >= 0.6 is 15.9 Å². The monoisotopic (exact) mass is 269 g/mol. The molecular formula is C11H9BrFNO. The molecule has 0 atom stereocenters. The Morgan fingerprint density at radius 2 is 2.27 bits per heavy atom. The molecule has 4 heteroatoms. The first-order valence-corrected chi connectivity index (χ1v) is 5.60. The van der Waals surface area contributed by atoms with Crippen molar-refractivity contribution in [2.45, 2.75) is 12.8 Å². The van der Waals surface area contributed by atoms with Crippen LogP contribution in [0.2, 0.25) is 0 Å². The zero-order valence-electron chi connectivity index (χ0n) is 7.96. The number of carbonyl (C=O) groups is 1. The van der Waals surface area contributed by atoms with Gasteiger partial charge in [0.15, 0.2) is 5.78 Å². The fourth-order valence-electron chi connectivity index (χ4n) is 1.16. The van der Waals surface area contributed by atoms with E-state index < -0.39 is 5.82 Å². The molecule has 0 radical (unpaired) electrons. The Labute approximate surface area is 95.8 Å². The Bertz CT molecular complexity index is 412. The SMILES string of the molecule is N#Cc1cc(C(=O)CCCBr)ccc1F. The molecule has 0 spiro atoms. The Morgan fingerprint density at radius 1 is 1.53 bits per heavy atom. The number of alkyl halides is 1. The van der Waals surface area contributed by atoms with E-state index in [1.165, 1.54) is 12.1 Å². The van der Waals surface area contributed by atoms with Gasteiger partial charge in [-0.2, -0.15) is 5.26 Å². The van der Waals surface area contributed by atoms with E-state index in [1.807, 2.05) is 0 Å². The number of nitrogens with zero attached hydrogens (tertiary/aromatic N) is 1. The molecule has 0 N–H and O–H groups in total. The molecular weight excluding hydrogens is 261 g/mol. The van der Waals surface area contributed by atoms with Gasteiger partial charge in [0.2, 0.25) is 0 Å². The first kappa shape index (κ1) is 11.9. The molecule has 78 valence electrons. The minimum Gasteiger partial charge on any atom is -0.294 e. The molecule has 0 bridgehead atoms. The summed E-state index contributed by atoms with van der Waals surface area (Å²) in [5.74, 6) is -0.652. The Kier molecular flexibility index (Phi) is 4.44. The fraction of sp³-hybridized carbons (Fsp3) is 0.273. The quantitative estimate of drug-likeness (QED) is 0.623. The van der Waals surface area contributed by atoms with Gasteiger partial charge in [-0.05, 0) is 24.6 Å². The third-order valence-electron chi connectivity index (χ3n) is 1.95. The van der Waals surface area contributed by atoms with Crippen LogP contribution in [0.25, 0.3) is 0 Å². The lowest BCUT2D eigenvalue weighted by molar-refractivity contribution is 0.0982. The highest BCUT2D eigenvalue weighted by molar-refractivity contribution is 9.09. The molecule has 0 saturated heterocycles. The standard InChI is InChI=1S/C11H9BrFNO/c12-5-1-2-11(15)8-3-4-10(13)9(6-8)7-14/h3-4,6H,1-2,5H2. The normalized spacial score (nSPS) is 9.67. The molecule has 0 fully saturated rings. The van der Waals surface area contributed by atoms with Gasteiger partial charge in [-0.25, -0.2) is 4.39 Å². The van der Waals surface area contributed by atoms with Crippen molar-refractivity contribution in [2.24, 2.45) is 0 Å². The summed E-state index contributed by atoms with van der Waals surface area (Å²) in [5, 5.41) is 9.35. The lowest BCUT2D eigenvalue weighted by Crippen LogP contribution is -2.00. The molecule has 0 aliphatic carbocycles. The molecule has 1 rings (SSSR count). The highest BCUT2D eigenvalue weighted by Crippen LogP contribution is 2.12. The maximum absolute atomic E-state index is 12.9. The second-order valence-corrected chi connectivity index (χ2v) is 3.82. The van der Waals surface area contributed by atoms with E-state index in [-0.39, 0.29) is 11.3 Å². The lowest BCUT2D eigenvalue weighted by atomic mass is 10.0. The number of carbonyl (C=O) groups excluding carboxylic acids is 1. The molecule has 0 saturated carbocycles. The molecule has 2 nitrogen and oxygen atoms in total. The van der Waals surface area contributed by atoms with Gasteiger partial charge in [0.05, 0.1) is 5.56 Å². The average molecular weight is 270 g/mol. The lowest BCUT2D eigenvalue weighted by Gasteiger charge is -2.00. The predicted molar refractivity (Wildman–Crippen MR) is 58.5 cm³/mol. The van der Waals surface area contributed by atoms with Crippen LogP contribution in [0.3, 0.4) is 0 Å². The number of ketones is 1. The summed E-state index contributed by atoms with van der Waals surface area (Å²) in [6.45, 7) is 0. The number of nitriles is 1. The van der Waals surface area contributed by atoms with Crippen LogP contribution < -0.4 is 0 Å². The van der Waals surface area contributed by atoms with Crippen LogP contribution in [0.4, 0.5) is 4.39 Å². The first-order chi connectivity index (χ1) is 7.19. The van der Waals surface area contributed by atoms with E-state index >= 15 is 0 Å². The summed E-state index contributed by atoms with van der Waals surface area (Å²) >= 11 is 3.23. The van der Waals surface area contributed by atoms with E-state index in [1.54, 1.807) is 6.07 Å². The number of hydrogen-bond donors (Lipinski definition) is 0. The first-order valence-electron chi connectivity index (χ1n) is 4.48. The van der Waals surface area contributed by atoms with Crippen LogP contribution in [-0.2, 0) is 0 Å². The zero-order valence-corrected chi connectivity index (χ0v) is 9.55. The number of halogens is 2. The van der Waals surface area contributed by atoms with Crippen molar-refractivity contribution in [2.75, 3.05) is 5.33 Å². The summed E-state index contributed by atoms with van der Waals surface area (Å²) in [6.07, 6.45) is 1.14. The van der Waals surface area contributed by atoms with Gasteiger partial charge >= 0.3 is 0 Å². The Balaban J connectivity index is 2.87. The fourth-order valence-corrected chi connectivity index (χ4v) is 1.44. The number of hydrogen-bond acceptors (Lipinski definition) is 2. The Morgan fingerprint density at radius 3 is 2.87 bits per heavy atom. The highest BCUT2D eigenvalue weighted by Gasteiger charge is 2.08. The van der Waals surface area contributed by atoms with Gasteiger partial charge in [0.1, 0.15) is 11.9 Å². The topological polar surface area (TPSA) is 40.9 Å². The average Bonchev–Trinajstić information content (AvgIpc) is 2.26. The molecule has 0 heterocycles. The number of rotatable bonds is 4. The summed E-state index contributed by atoms with van der Waals surface area (Å²) in [7, 11) is 0. The van der Waals surface area contributed by atoms with E-state index in [0.717, 1.165) is 17.8 Å². The van der Waals surface area contributed by atoms with Crippen molar-refractivity contribution >= 4 is 21.7 Å². The second kappa shape index (κ2) is 5.62. The molecule has 0 aliphatic rings. The summed E-state index contributed by atoms with van der Waals surface area (Å²) in [4.78, 5) is 11.5. The van der Waals surface area contributed by atoms with Gasteiger partial charge in [0.25, 0.3) is 0 Å². The number of benzene rings is 1. The van der Waals surface area contributed by atoms with Gasteiger partial charge in [-0.15, -0.1) is 0 Å². The van der Waals surface area contributed by atoms with Gasteiger partial charge in [-0.3, -0.25) is 4.79 Å². The van der Waals surface area contributed by atoms with Crippen molar-refractivity contribution in [1.29, 1.82) is 5.26 Å². The van der Waals surface area contributed by atoms with E-state index in [4.69, 9.17) is 5.26 Å². The molecule has 1 aromatic rings. The van der Waals surface area contributed by atoms with Gasteiger partial charge < -0.3 is 0 Å². The Hall–Kier alpha value is -1.21. The van der Waals surface area contributed by atoms with Crippen LogP contribution in [0.1, 0.15) is 28.8 Å². The maximum atomic E-state index is 12.9. The van der Waals surface area contributed by atoms with Crippen LogP contribution in [0.5, 0.6) is 0 Å². The summed E-state index contributed by atoms with van der Waals surface area (Å²) in [5.41, 5.74) is 0.314. The smallest absolute Gasteiger partial charge is 0.162 e. The molecule has 0 unspecified atom stereocenters. The van der Waals surface area contributed by atoms with Crippen molar-refractivity contribution < 1.29 is 9.18 Å². The van der Waals surface area contributed by atoms with E-state index in [0.29, 0.717) is 12.0 Å². The summed E-state index contributed by atoms with van der Waals surface area (Å²) < 4.78 is 12.9. The second-order valence-electron chi connectivity index (χ2n) is 3.02. The van der Waals surface area contributed by atoms with Crippen molar-refractivity contribution in [3.8, 4) is 6.07 Å². The molecule has 15 heavy (non-hydrogen) atoms. The highest BCUT2D eigenvalue weighted by atomic mass is 79.9. The van der Waals surface area contributed by atoms with Gasteiger partial charge in [-0.1, -0.05) is 15.9 Å². The van der Waals surface area contributed by atoms with Gasteiger partial charge in [0, 0.05) is 17.3 Å². The van der Waals surface area contributed by atoms with Crippen molar-refractivity contribution in [1.82, 2.24) is 0 Å².